The van der Waals surface area contributed by atoms with Crippen molar-refractivity contribution in [2.24, 2.45) is 0 Å². The largest absolute Gasteiger partial charge is 0.480 e. The Morgan fingerprint density at radius 1 is 1.06 bits per heavy atom. The Labute approximate surface area is 190 Å². The molecule has 0 radical (unpaired) electrons. The van der Waals surface area contributed by atoms with Gasteiger partial charge < -0.3 is 14.6 Å². The van der Waals surface area contributed by atoms with E-state index in [-0.39, 0.29) is 29.9 Å². The smallest absolute Gasteiger partial charge is 0.338 e. The van der Waals surface area contributed by atoms with Crippen molar-refractivity contribution in [3.63, 3.8) is 0 Å². The molecule has 0 saturated heterocycles. The second kappa shape index (κ2) is 9.15. The van der Waals surface area contributed by atoms with Gasteiger partial charge in [0.25, 0.3) is 11.8 Å². The highest BCUT2D eigenvalue weighted by Crippen LogP contribution is 2.37. The molecule has 1 heterocycles. The Morgan fingerprint density at radius 2 is 1.79 bits per heavy atom. The molecule has 0 aliphatic carbocycles. The summed E-state index contributed by atoms with van der Waals surface area (Å²) in [6.45, 7) is 1.71. The van der Waals surface area contributed by atoms with Gasteiger partial charge in [-0.2, -0.15) is 0 Å². The summed E-state index contributed by atoms with van der Waals surface area (Å²) in [6, 6.07) is 14.8. The molecule has 7 nitrogen and oxygen atoms in total. The first kappa shape index (κ1) is 22.1. The van der Waals surface area contributed by atoms with Gasteiger partial charge in [-0.05, 0) is 36.8 Å². The minimum absolute atomic E-state index is 0.0878. The number of ether oxygens (including phenoxy) is 2. The predicted molar refractivity (Wildman–Crippen MR) is 122 cm³/mol. The van der Waals surface area contributed by atoms with Crippen LogP contribution in [0.1, 0.15) is 44.4 Å². The highest BCUT2D eigenvalue weighted by atomic mass is 16.5. The number of esters is 1. The fourth-order valence-corrected chi connectivity index (χ4v) is 3.66. The Bertz CT molecular complexity index is 1310. The lowest BCUT2D eigenvalue weighted by Gasteiger charge is -2.18. The zero-order chi connectivity index (χ0) is 23.5. The van der Waals surface area contributed by atoms with Crippen LogP contribution in [-0.2, 0) is 4.74 Å². The highest BCUT2D eigenvalue weighted by molar-refractivity contribution is 6.36. The van der Waals surface area contributed by atoms with Crippen LogP contribution in [0.2, 0.25) is 0 Å². The van der Waals surface area contributed by atoms with Gasteiger partial charge in [0.15, 0.2) is 0 Å². The Hall–Kier alpha value is -4.15. The lowest BCUT2D eigenvalue weighted by molar-refractivity contribution is 0.0250. The zero-order valence-electron chi connectivity index (χ0n) is 17.9. The summed E-state index contributed by atoms with van der Waals surface area (Å²) in [6.07, 6.45) is 4.97. The van der Waals surface area contributed by atoms with E-state index in [9.17, 15) is 19.5 Å². The first-order valence-corrected chi connectivity index (χ1v) is 10.4. The van der Waals surface area contributed by atoms with Gasteiger partial charge in [0.05, 0.1) is 28.5 Å². The SMILES string of the molecule is C#CCOc1ccc(N2C(=O)c3ccc(C(=O)OCC(O)CC)cc3C2=O)c2ccccc12. The number of nitrogens with zero attached hydrogens (tertiary/aromatic N) is 1. The Morgan fingerprint density at radius 3 is 2.52 bits per heavy atom. The van der Waals surface area contributed by atoms with Gasteiger partial charge in [-0.3, -0.25) is 9.59 Å². The summed E-state index contributed by atoms with van der Waals surface area (Å²) < 4.78 is 10.7. The minimum atomic E-state index is -0.761. The average molecular weight is 443 g/mol. The molecule has 33 heavy (non-hydrogen) atoms. The van der Waals surface area contributed by atoms with Crippen molar-refractivity contribution in [1.29, 1.82) is 0 Å². The maximum atomic E-state index is 13.3. The number of carbonyl (C=O) groups is 3. The lowest BCUT2D eigenvalue weighted by Crippen LogP contribution is -2.29. The molecule has 0 spiro atoms. The summed E-state index contributed by atoms with van der Waals surface area (Å²) in [5, 5.41) is 11.0. The Kier molecular flexibility index (Phi) is 6.11. The van der Waals surface area contributed by atoms with E-state index in [1.807, 2.05) is 12.1 Å². The topological polar surface area (TPSA) is 93.1 Å². The molecule has 3 aromatic rings. The molecule has 4 rings (SSSR count). The number of fused-ring (bicyclic) bond motifs is 2. The van der Waals surface area contributed by atoms with Crippen LogP contribution in [0.25, 0.3) is 10.8 Å². The molecule has 3 aromatic carbocycles. The normalized spacial score (nSPS) is 13.5. The van der Waals surface area contributed by atoms with Crippen molar-refractivity contribution in [3.05, 3.63) is 71.3 Å². The fraction of sp³-hybridized carbons (Fsp3) is 0.192. The summed E-state index contributed by atoms with van der Waals surface area (Å²) in [4.78, 5) is 39.8. The van der Waals surface area contributed by atoms with Crippen LogP contribution in [0.3, 0.4) is 0 Å². The van der Waals surface area contributed by atoms with Gasteiger partial charge in [0.1, 0.15) is 19.0 Å². The number of benzene rings is 3. The van der Waals surface area contributed by atoms with Crippen LogP contribution in [0.4, 0.5) is 5.69 Å². The molecule has 7 heteroatoms. The van der Waals surface area contributed by atoms with Crippen molar-refractivity contribution in [3.8, 4) is 18.1 Å². The second-order valence-electron chi connectivity index (χ2n) is 7.49. The highest BCUT2D eigenvalue weighted by Gasteiger charge is 2.38. The molecule has 1 atom stereocenters. The number of anilines is 1. The van der Waals surface area contributed by atoms with Gasteiger partial charge in [-0.1, -0.05) is 37.1 Å². The van der Waals surface area contributed by atoms with Crippen molar-refractivity contribution in [1.82, 2.24) is 0 Å². The number of rotatable bonds is 7. The summed E-state index contributed by atoms with van der Waals surface area (Å²) in [5.41, 5.74) is 0.840. The van der Waals surface area contributed by atoms with Crippen molar-refractivity contribution in [2.45, 2.75) is 19.4 Å². The maximum Gasteiger partial charge on any atom is 0.338 e. The van der Waals surface area contributed by atoms with E-state index in [0.29, 0.717) is 28.6 Å². The van der Waals surface area contributed by atoms with Crippen LogP contribution >= 0.6 is 0 Å². The number of hydrogen-bond donors (Lipinski definition) is 1. The fourth-order valence-electron chi connectivity index (χ4n) is 3.66. The van der Waals surface area contributed by atoms with Crippen LogP contribution in [-0.4, -0.2) is 42.2 Å². The number of carbonyl (C=O) groups excluding carboxylic acids is 3. The molecule has 1 aliphatic rings. The van der Waals surface area contributed by atoms with Gasteiger partial charge >= 0.3 is 5.97 Å². The monoisotopic (exact) mass is 443 g/mol. The second-order valence-corrected chi connectivity index (χ2v) is 7.49. The number of aliphatic hydroxyl groups is 1. The molecule has 0 fully saturated rings. The molecule has 1 aliphatic heterocycles. The minimum Gasteiger partial charge on any atom is -0.480 e. The summed E-state index contributed by atoms with van der Waals surface area (Å²) in [5.74, 6) is 1.26. The third-order valence-corrected chi connectivity index (χ3v) is 5.41. The molecule has 0 saturated carbocycles. The van der Waals surface area contributed by atoms with Crippen LogP contribution in [0.15, 0.2) is 54.6 Å². The van der Waals surface area contributed by atoms with Crippen LogP contribution < -0.4 is 9.64 Å². The van der Waals surface area contributed by atoms with E-state index in [1.54, 1.807) is 31.2 Å². The predicted octanol–water partition coefficient (Wildman–Crippen LogP) is 3.58. The summed E-state index contributed by atoms with van der Waals surface area (Å²) in [7, 11) is 0. The average Bonchev–Trinajstić information content (AvgIpc) is 3.09. The Balaban J connectivity index is 1.69. The van der Waals surface area contributed by atoms with E-state index >= 15 is 0 Å². The van der Waals surface area contributed by atoms with E-state index < -0.39 is 23.9 Å². The van der Waals surface area contributed by atoms with Crippen LogP contribution in [0.5, 0.6) is 5.75 Å². The molecule has 1 N–H and O–H groups in total. The number of terminal acetylenes is 1. The quantitative estimate of drug-likeness (QED) is 0.341. The van der Waals surface area contributed by atoms with Crippen LogP contribution in [0, 0.1) is 12.3 Å². The van der Waals surface area contributed by atoms with E-state index in [0.717, 1.165) is 4.90 Å². The van der Waals surface area contributed by atoms with E-state index in [1.165, 1.54) is 18.2 Å². The van der Waals surface area contributed by atoms with Gasteiger partial charge in [-0.25, -0.2) is 9.69 Å². The number of hydrogen-bond acceptors (Lipinski definition) is 6. The molecule has 166 valence electrons. The number of amides is 2. The molecule has 0 aromatic heterocycles. The maximum absolute atomic E-state index is 13.3. The molecule has 1 unspecified atom stereocenters. The van der Waals surface area contributed by atoms with Crippen molar-refractivity contribution in [2.75, 3.05) is 18.1 Å². The molecular formula is C26H21NO6. The molecular weight excluding hydrogens is 422 g/mol. The van der Waals surface area contributed by atoms with Crippen molar-refractivity contribution >= 4 is 34.2 Å². The molecule has 0 bridgehead atoms. The first-order chi connectivity index (χ1) is 16.0. The van der Waals surface area contributed by atoms with Gasteiger partial charge in [0, 0.05) is 10.8 Å². The molecule has 2 amide bonds. The van der Waals surface area contributed by atoms with E-state index in [4.69, 9.17) is 15.9 Å². The standard InChI is InChI=1S/C26H21NO6/c1-3-13-32-23-12-11-22(18-7-5-6-8-19(18)23)27-24(29)20-10-9-16(14-21(20)25(27)30)26(31)33-15-17(28)4-2/h1,5-12,14,17,28H,4,13,15H2,2H3. The third-order valence-electron chi connectivity index (χ3n) is 5.41. The third kappa shape index (κ3) is 4.04. The lowest BCUT2D eigenvalue weighted by atomic mass is 10.1. The first-order valence-electron chi connectivity index (χ1n) is 10.4. The van der Waals surface area contributed by atoms with Crippen molar-refractivity contribution < 1.29 is 29.0 Å². The number of aliphatic hydroxyl groups excluding tert-OH is 1. The number of imide groups is 1. The zero-order valence-corrected chi connectivity index (χ0v) is 17.9. The van der Waals surface area contributed by atoms with E-state index in [2.05, 4.69) is 5.92 Å². The van der Waals surface area contributed by atoms with Gasteiger partial charge in [0.2, 0.25) is 0 Å². The summed E-state index contributed by atoms with van der Waals surface area (Å²) >= 11 is 0. The van der Waals surface area contributed by atoms with Gasteiger partial charge in [-0.15, -0.1) is 6.42 Å².